The Kier molecular flexibility index (Phi) is 6.02. The summed E-state index contributed by atoms with van der Waals surface area (Å²) < 4.78 is 6.04. The maximum atomic E-state index is 11.1. The van der Waals surface area contributed by atoms with E-state index in [0.717, 1.165) is 15.8 Å². The molecule has 0 heterocycles. The highest BCUT2D eigenvalue weighted by Crippen LogP contribution is 2.29. The Morgan fingerprint density at radius 2 is 2.17 bits per heavy atom. The summed E-state index contributed by atoms with van der Waals surface area (Å²) in [6, 6.07) is 5.80. The number of halogens is 1. The molecule has 18 heavy (non-hydrogen) atoms. The molecule has 1 atom stereocenters. The Morgan fingerprint density at radius 3 is 2.61 bits per heavy atom. The first kappa shape index (κ1) is 15.4. The van der Waals surface area contributed by atoms with Crippen molar-refractivity contribution in [1.82, 2.24) is 0 Å². The number of carboxylic acid groups (broad SMARTS) is 1. The number of rotatable bonds is 6. The highest BCUT2D eigenvalue weighted by atomic mass is 79.9. The van der Waals surface area contributed by atoms with E-state index in [0.29, 0.717) is 5.75 Å². The highest BCUT2D eigenvalue weighted by Gasteiger charge is 2.21. The monoisotopic (exact) mass is 332 g/mol. The van der Waals surface area contributed by atoms with Crippen LogP contribution in [-0.4, -0.2) is 23.4 Å². The smallest absolute Gasteiger partial charge is 0.316 e. The number of benzene rings is 1. The Balaban J connectivity index is 2.68. The minimum atomic E-state index is -0.748. The molecule has 0 amide bonds. The number of methoxy groups -OCH3 is 1. The molecule has 1 aromatic rings. The van der Waals surface area contributed by atoms with E-state index >= 15 is 0 Å². The van der Waals surface area contributed by atoms with Gasteiger partial charge in [-0.1, -0.05) is 19.9 Å². The molecule has 1 rings (SSSR count). The van der Waals surface area contributed by atoms with Crippen molar-refractivity contribution in [3.63, 3.8) is 0 Å². The van der Waals surface area contributed by atoms with Gasteiger partial charge in [-0.3, -0.25) is 4.79 Å². The molecular weight excluding hydrogens is 316 g/mol. The second-order valence-electron chi connectivity index (χ2n) is 4.28. The van der Waals surface area contributed by atoms with Crippen molar-refractivity contribution < 1.29 is 14.6 Å². The number of carboxylic acids is 1. The molecule has 1 N–H and O–H groups in total. The van der Waals surface area contributed by atoms with Crippen LogP contribution < -0.4 is 4.74 Å². The molecule has 0 fully saturated rings. The van der Waals surface area contributed by atoms with E-state index in [-0.39, 0.29) is 11.2 Å². The van der Waals surface area contributed by atoms with E-state index in [1.807, 2.05) is 32.0 Å². The maximum Gasteiger partial charge on any atom is 0.316 e. The van der Waals surface area contributed by atoms with Gasteiger partial charge in [-0.15, -0.1) is 11.8 Å². The van der Waals surface area contributed by atoms with Crippen molar-refractivity contribution in [3.8, 4) is 5.75 Å². The lowest BCUT2D eigenvalue weighted by Gasteiger charge is -2.15. The maximum absolute atomic E-state index is 11.1. The van der Waals surface area contributed by atoms with Crippen molar-refractivity contribution in [3.05, 3.63) is 28.2 Å². The van der Waals surface area contributed by atoms with Crippen LogP contribution in [0.25, 0.3) is 0 Å². The number of aliphatic carboxylic acids is 1. The first-order chi connectivity index (χ1) is 8.45. The molecule has 0 aliphatic heterocycles. The number of ether oxygens (including phenoxy) is 1. The second-order valence-corrected chi connectivity index (χ2v) is 6.27. The van der Waals surface area contributed by atoms with Gasteiger partial charge in [0.15, 0.2) is 0 Å². The van der Waals surface area contributed by atoms with Crippen molar-refractivity contribution in [2.75, 3.05) is 7.11 Å². The molecule has 0 aromatic heterocycles. The topological polar surface area (TPSA) is 46.5 Å². The largest absolute Gasteiger partial charge is 0.496 e. The number of hydrogen-bond donors (Lipinski definition) is 1. The molecule has 5 heteroatoms. The Labute approximate surface area is 120 Å². The first-order valence-electron chi connectivity index (χ1n) is 5.62. The van der Waals surface area contributed by atoms with Crippen LogP contribution in [0.2, 0.25) is 0 Å². The second kappa shape index (κ2) is 7.04. The van der Waals surface area contributed by atoms with Gasteiger partial charge >= 0.3 is 5.97 Å². The SMILES string of the molecule is COc1ccc(CSC(C(=O)O)C(C)C)cc1Br. The molecule has 3 nitrogen and oxygen atoms in total. The van der Waals surface area contributed by atoms with Gasteiger partial charge in [0.2, 0.25) is 0 Å². The molecule has 1 unspecified atom stereocenters. The van der Waals surface area contributed by atoms with Crippen LogP contribution in [0.1, 0.15) is 19.4 Å². The Morgan fingerprint density at radius 1 is 1.50 bits per heavy atom. The quantitative estimate of drug-likeness (QED) is 0.860. The van der Waals surface area contributed by atoms with E-state index in [2.05, 4.69) is 15.9 Å². The van der Waals surface area contributed by atoms with E-state index in [9.17, 15) is 4.79 Å². The zero-order valence-corrected chi connectivity index (χ0v) is 13.0. The van der Waals surface area contributed by atoms with Gasteiger partial charge in [0.1, 0.15) is 11.0 Å². The third-order valence-corrected chi connectivity index (χ3v) is 4.72. The third kappa shape index (κ3) is 4.21. The standard InChI is InChI=1S/C13H17BrO3S/c1-8(2)12(13(15)16)18-7-9-4-5-11(17-3)10(14)6-9/h4-6,8,12H,7H2,1-3H3,(H,15,16). The number of thioether (sulfide) groups is 1. The summed E-state index contributed by atoms with van der Waals surface area (Å²) in [6.07, 6.45) is 0. The van der Waals surface area contributed by atoms with Gasteiger partial charge in [-0.25, -0.2) is 0 Å². The summed E-state index contributed by atoms with van der Waals surface area (Å²) in [5.41, 5.74) is 1.08. The van der Waals surface area contributed by atoms with Crippen molar-refractivity contribution in [2.24, 2.45) is 5.92 Å². The summed E-state index contributed by atoms with van der Waals surface area (Å²) in [6.45, 7) is 3.85. The molecule has 0 aliphatic carbocycles. The molecule has 0 saturated heterocycles. The molecule has 0 bridgehead atoms. The average molecular weight is 333 g/mol. The lowest BCUT2D eigenvalue weighted by atomic mass is 10.1. The molecule has 0 aliphatic rings. The summed E-state index contributed by atoms with van der Waals surface area (Å²) in [5.74, 6) is 0.830. The van der Waals surface area contributed by atoms with E-state index in [1.54, 1.807) is 7.11 Å². The lowest BCUT2D eigenvalue weighted by Crippen LogP contribution is -2.22. The van der Waals surface area contributed by atoms with Crippen molar-refractivity contribution in [1.29, 1.82) is 0 Å². The van der Waals surface area contributed by atoms with Gasteiger partial charge in [-0.05, 0) is 39.5 Å². The molecule has 0 spiro atoms. The normalized spacial score (nSPS) is 12.5. The third-order valence-electron chi connectivity index (χ3n) is 2.49. The molecule has 0 saturated carbocycles. The molecule has 0 radical (unpaired) electrons. The molecular formula is C13H17BrO3S. The predicted molar refractivity (Wildman–Crippen MR) is 78.3 cm³/mol. The van der Waals surface area contributed by atoms with Gasteiger partial charge in [0.25, 0.3) is 0 Å². The minimum Gasteiger partial charge on any atom is -0.496 e. The highest BCUT2D eigenvalue weighted by molar-refractivity contribution is 9.10. The molecule has 100 valence electrons. The Bertz CT molecular complexity index is 421. The van der Waals surface area contributed by atoms with Crippen LogP contribution in [0.15, 0.2) is 22.7 Å². The predicted octanol–water partition coefficient (Wildman–Crippen LogP) is 3.80. The summed E-state index contributed by atoms with van der Waals surface area (Å²) in [5, 5.41) is 8.74. The zero-order valence-electron chi connectivity index (χ0n) is 10.6. The van der Waals surface area contributed by atoms with Crippen LogP contribution >= 0.6 is 27.7 Å². The van der Waals surface area contributed by atoms with Crippen LogP contribution in [0.5, 0.6) is 5.75 Å². The average Bonchev–Trinajstić information content (AvgIpc) is 2.28. The number of hydrogen-bond acceptors (Lipinski definition) is 3. The van der Waals surface area contributed by atoms with Crippen molar-refractivity contribution in [2.45, 2.75) is 24.9 Å². The van der Waals surface area contributed by atoms with Crippen LogP contribution in [-0.2, 0) is 10.5 Å². The minimum absolute atomic E-state index is 0.120. The summed E-state index contributed by atoms with van der Waals surface area (Å²) >= 11 is 4.87. The van der Waals surface area contributed by atoms with Gasteiger partial charge in [0, 0.05) is 5.75 Å². The van der Waals surface area contributed by atoms with Crippen molar-refractivity contribution >= 4 is 33.7 Å². The van der Waals surface area contributed by atoms with Gasteiger partial charge in [-0.2, -0.15) is 0 Å². The fourth-order valence-corrected chi connectivity index (χ4v) is 3.20. The van der Waals surface area contributed by atoms with E-state index in [4.69, 9.17) is 9.84 Å². The lowest BCUT2D eigenvalue weighted by molar-refractivity contribution is -0.137. The van der Waals surface area contributed by atoms with Gasteiger partial charge in [0.05, 0.1) is 11.6 Å². The summed E-state index contributed by atoms with van der Waals surface area (Å²) in [7, 11) is 1.62. The number of carbonyl (C=O) groups is 1. The zero-order chi connectivity index (χ0) is 13.7. The van der Waals surface area contributed by atoms with E-state index in [1.165, 1.54) is 11.8 Å². The first-order valence-corrected chi connectivity index (χ1v) is 7.46. The van der Waals surface area contributed by atoms with Crippen LogP contribution in [0.3, 0.4) is 0 Å². The van der Waals surface area contributed by atoms with E-state index < -0.39 is 5.97 Å². The fraction of sp³-hybridized carbons (Fsp3) is 0.462. The fourth-order valence-electron chi connectivity index (χ4n) is 1.53. The van der Waals surface area contributed by atoms with Gasteiger partial charge < -0.3 is 9.84 Å². The molecule has 1 aromatic carbocycles. The van der Waals surface area contributed by atoms with Crippen LogP contribution in [0, 0.1) is 5.92 Å². The summed E-state index contributed by atoms with van der Waals surface area (Å²) in [4.78, 5) is 11.1. The van der Waals surface area contributed by atoms with Crippen LogP contribution in [0.4, 0.5) is 0 Å². The Hall–Kier alpha value is -0.680.